The Morgan fingerprint density at radius 1 is 1.53 bits per heavy atom. The lowest BCUT2D eigenvalue weighted by Crippen LogP contribution is -2.41. The van der Waals surface area contributed by atoms with Crippen molar-refractivity contribution in [3.05, 3.63) is 0 Å². The fraction of sp³-hybridized carbons (Fsp3) is 0.900. The average Bonchev–Trinajstić information content (AvgIpc) is 2.23. The number of piperidine rings is 1. The Morgan fingerprint density at radius 2 is 2.24 bits per heavy atom. The molecular formula is C10H17F3N2O2. The quantitative estimate of drug-likeness (QED) is 0.472. The second-order valence-electron chi connectivity index (χ2n) is 4.21. The Hall–Kier alpha value is -0.820. The molecule has 0 amide bonds. The molecule has 1 heterocycles. The molecule has 0 aromatic carbocycles. The minimum Gasteiger partial charge on any atom is -0.411 e. The third kappa shape index (κ3) is 5.36. The normalized spacial score (nSPS) is 25.4. The molecule has 17 heavy (non-hydrogen) atoms. The summed E-state index contributed by atoms with van der Waals surface area (Å²) in [6.07, 6.45) is -3.61. The highest BCUT2D eigenvalue weighted by Crippen LogP contribution is 2.15. The number of nitrogens with zero attached hydrogens (tertiary/aromatic N) is 2. The van der Waals surface area contributed by atoms with Crippen LogP contribution in [0.25, 0.3) is 0 Å². The van der Waals surface area contributed by atoms with Crippen LogP contribution < -0.4 is 0 Å². The van der Waals surface area contributed by atoms with Gasteiger partial charge in [0.25, 0.3) is 0 Å². The van der Waals surface area contributed by atoms with Crippen molar-refractivity contribution in [1.82, 2.24) is 4.90 Å². The van der Waals surface area contributed by atoms with E-state index in [9.17, 15) is 13.2 Å². The van der Waals surface area contributed by atoms with Crippen molar-refractivity contribution >= 4 is 5.71 Å². The van der Waals surface area contributed by atoms with Crippen molar-refractivity contribution in [2.24, 2.45) is 11.1 Å². The maximum Gasteiger partial charge on any atom is 0.411 e. The van der Waals surface area contributed by atoms with Crippen LogP contribution in [0.1, 0.15) is 13.3 Å². The van der Waals surface area contributed by atoms with E-state index in [1.54, 1.807) is 0 Å². The van der Waals surface area contributed by atoms with E-state index in [0.717, 1.165) is 5.71 Å². The van der Waals surface area contributed by atoms with Gasteiger partial charge in [0, 0.05) is 32.0 Å². The molecule has 1 fully saturated rings. The van der Waals surface area contributed by atoms with Crippen molar-refractivity contribution in [3.63, 3.8) is 0 Å². The molecule has 0 aromatic rings. The van der Waals surface area contributed by atoms with Crippen LogP contribution in [0.15, 0.2) is 5.16 Å². The summed E-state index contributed by atoms with van der Waals surface area (Å²) in [6.45, 7) is 2.66. The molecular weight excluding hydrogens is 237 g/mol. The van der Waals surface area contributed by atoms with Crippen LogP contribution in [0, 0.1) is 5.92 Å². The molecule has 1 rings (SSSR count). The van der Waals surface area contributed by atoms with Crippen LogP contribution >= 0.6 is 0 Å². The fourth-order valence-corrected chi connectivity index (χ4v) is 1.84. The lowest BCUT2D eigenvalue weighted by atomic mass is 9.98. The third-order valence-corrected chi connectivity index (χ3v) is 2.73. The Morgan fingerprint density at radius 3 is 2.76 bits per heavy atom. The van der Waals surface area contributed by atoms with Crippen LogP contribution in [0.2, 0.25) is 0 Å². The van der Waals surface area contributed by atoms with Crippen molar-refractivity contribution < 1.29 is 23.1 Å². The summed E-state index contributed by atoms with van der Waals surface area (Å²) >= 11 is 0. The molecule has 0 aliphatic carbocycles. The summed E-state index contributed by atoms with van der Waals surface area (Å²) in [4.78, 5) is 2.01. The van der Waals surface area contributed by atoms with Crippen LogP contribution in [-0.2, 0) is 4.74 Å². The van der Waals surface area contributed by atoms with E-state index in [2.05, 4.69) is 9.89 Å². The molecule has 0 bridgehead atoms. The van der Waals surface area contributed by atoms with Gasteiger partial charge in [-0.05, 0) is 0 Å². The highest BCUT2D eigenvalue weighted by Gasteiger charge is 2.27. The zero-order valence-corrected chi connectivity index (χ0v) is 9.70. The zero-order valence-electron chi connectivity index (χ0n) is 9.70. The molecule has 1 aliphatic rings. The Kier molecular flexibility index (Phi) is 5.20. The molecule has 1 N–H and O–H groups in total. The van der Waals surface area contributed by atoms with Gasteiger partial charge in [0.1, 0.15) is 6.61 Å². The molecule has 1 aliphatic heterocycles. The highest BCUT2D eigenvalue weighted by molar-refractivity contribution is 5.86. The molecule has 1 unspecified atom stereocenters. The number of hydrogen-bond acceptors (Lipinski definition) is 4. The number of alkyl halides is 3. The Labute approximate surface area is 98.0 Å². The molecule has 4 nitrogen and oxygen atoms in total. The summed E-state index contributed by atoms with van der Waals surface area (Å²) in [7, 11) is 0. The summed E-state index contributed by atoms with van der Waals surface area (Å²) in [5.74, 6) is 0.136. The van der Waals surface area contributed by atoms with Crippen LogP contribution in [0.5, 0.6) is 0 Å². The van der Waals surface area contributed by atoms with Crippen LogP contribution in [0.4, 0.5) is 13.2 Å². The van der Waals surface area contributed by atoms with Crippen molar-refractivity contribution in [1.29, 1.82) is 0 Å². The largest absolute Gasteiger partial charge is 0.411 e. The number of oxime groups is 1. The van der Waals surface area contributed by atoms with E-state index < -0.39 is 12.8 Å². The first-order valence-electron chi connectivity index (χ1n) is 5.50. The van der Waals surface area contributed by atoms with Gasteiger partial charge < -0.3 is 14.8 Å². The second-order valence-corrected chi connectivity index (χ2v) is 4.21. The molecule has 0 aromatic heterocycles. The SMILES string of the molecule is CC1CN(CCOCC(F)(F)F)CCC1=NO. The van der Waals surface area contributed by atoms with E-state index in [-0.39, 0.29) is 12.5 Å². The topological polar surface area (TPSA) is 45.1 Å². The van der Waals surface area contributed by atoms with E-state index in [1.807, 2.05) is 11.8 Å². The first-order valence-corrected chi connectivity index (χ1v) is 5.50. The standard InChI is InChI=1S/C10H17F3N2O2/c1-8-6-15(3-2-9(8)14-16)4-5-17-7-10(11,12)13/h8,16H,2-7H2,1H3. The van der Waals surface area contributed by atoms with Crippen molar-refractivity contribution in [2.75, 3.05) is 32.8 Å². The van der Waals surface area contributed by atoms with Crippen molar-refractivity contribution in [3.8, 4) is 0 Å². The third-order valence-electron chi connectivity index (χ3n) is 2.73. The average molecular weight is 254 g/mol. The molecule has 0 saturated carbocycles. The molecule has 7 heteroatoms. The molecule has 0 radical (unpaired) electrons. The maximum absolute atomic E-state index is 11.8. The summed E-state index contributed by atoms with van der Waals surface area (Å²) < 4.78 is 39.9. The molecule has 0 spiro atoms. The van der Waals surface area contributed by atoms with Gasteiger partial charge in [-0.1, -0.05) is 12.1 Å². The number of hydrogen-bond donors (Lipinski definition) is 1. The van der Waals surface area contributed by atoms with Gasteiger partial charge >= 0.3 is 6.18 Å². The van der Waals surface area contributed by atoms with Gasteiger partial charge in [0.2, 0.25) is 0 Å². The Bertz CT molecular complexity index is 269. The molecule has 1 atom stereocenters. The van der Waals surface area contributed by atoms with Gasteiger partial charge in [-0.3, -0.25) is 0 Å². The maximum atomic E-state index is 11.8. The van der Waals surface area contributed by atoms with Crippen LogP contribution in [0.3, 0.4) is 0 Å². The van der Waals surface area contributed by atoms with E-state index in [1.165, 1.54) is 0 Å². The van der Waals surface area contributed by atoms with Gasteiger partial charge in [0.05, 0.1) is 12.3 Å². The molecule has 100 valence electrons. The minimum absolute atomic E-state index is 0.0673. The first-order chi connectivity index (χ1) is 7.92. The molecule has 1 saturated heterocycles. The minimum atomic E-state index is -4.26. The monoisotopic (exact) mass is 254 g/mol. The lowest BCUT2D eigenvalue weighted by molar-refractivity contribution is -0.174. The van der Waals surface area contributed by atoms with E-state index >= 15 is 0 Å². The smallest absolute Gasteiger partial charge is 0.411 e. The predicted molar refractivity (Wildman–Crippen MR) is 56.3 cm³/mol. The number of rotatable bonds is 4. The summed E-state index contributed by atoms with van der Waals surface area (Å²) in [6, 6.07) is 0. The number of ether oxygens (including phenoxy) is 1. The number of halogens is 3. The van der Waals surface area contributed by atoms with E-state index in [0.29, 0.717) is 26.1 Å². The Balaban J connectivity index is 2.17. The van der Waals surface area contributed by atoms with Gasteiger partial charge in [-0.15, -0.1) is 0 Å². The first kappa shape index (κ1) is 14.2. The summed E-state index contributed by atoms with van der Waals surface area (Å²) in [5, 5.41) is 11.9. The van der Waals surface area contributed by atoms with Gasteiger partial charge in [-0.2, -0.15) is 13.2 Å². The summed E-state index contributed by atoms with van der Waals surface area (Å²) in [5.41, 5.74) is 0.748. The second kappa shape index (κ2) is 6.20. The predicted octanol–water partition coefficient (Wildman–Crippen LogP) is 1.74. The van der Waals surface area contributed by atoms with E-state index in [4.69, 9.17) is 5.21 Å². The van der Waals surface area contributed by atoms with Gasteiger partial charge in [-0.25, -0.2) is 0 Å². The number of likely N-dealkylation sites (tertiary alicyclic amines) is 1. The lowest BCUT2D eigenvalue weighted by Gasteiger charge is -2.31. The zero-order chi connectivity index (χ0) is 12.9. The van der Waals surface area contributed by atoms with Crippen LogP contribution in [-0.4, -0.2) is 54.8 Å². The van der Waals surface area contributed by atoms with Crippen molar-refractivity contribution in [2.45, 2.75) is 19.5 Å². The highest BCUT2D eigenvalue weighted by atomic mass is 19.4. The van der Waals surface area contributed by atoms with Gasteiger partial charge in [0.15, 0.2) is 0 Å². The fourth-order valence-electron chi connectivity index (χ4n) is 1.84.